The van der Waals surface area contributed by atoms with Crippen molar-refractivity contribution in [1.82, 2.24) is 15.5 Å². The summed E-state index contributed by atoms with van der Waals surface area (Å²) in [5.41, 5.74) is 0. The minimum absolute atomic E-state index is 0. The van der Waals surface area contributed by atoms with Crippen LogP contribution in [0.15, 0.2) is 0 Å². The molecule has 0 saturated carbocycles. The van der Waals surface area contributed by atoms with Gasteiger partial charge < -0.3 is 10.6 Å². The first kappa shape index (κ1) is 21.3. The van der Waals surface area contributed by atoms with Crippen LogP contribution in [-0.4, -0.2) is 50.1 Å². The zero-order valence-corrected chi connectivity index (χ0v) is 13.7. The molecule has 1 atom stereocenters. The van der Waals surface area contributed by atoms with Crippen LogP contribution in [0.3, 0.4) is 0 Å². The molecule has 1 amide bonds. The fourth-order valence-corrected chi connectivity index (χ4v) is 2.27. The molecule has 0 aromatic heterocycles. The summed E-state index contributed by atoms with van der Waals surface area (Å²) >= 11 is 0. The first-order valence-corrected chi connectivity index (χ1v) is 6.92. The summed E-state index contributed by atoms with van der Waals surface area (Å²) in [6.07, 6.45) is 6.09. The van der Waals surface area contributed by atoms with E-state index in [1.165, 1.54) is 25.7 Å². The Hall–Kier alpha value is -0.0300. The molecule has 19 heavy (non-hydrogen) atoms. The highest BCUT2D eigenvalue weighted by Crippen LogP contribution is 2.12. The summed E-state index contributed by atoms with van der Waals surface area (Å²) in [5, 5.41) is 6.09. The molecule has 0 radical (unpaired) electrons. The predicted octanol–water partition coefficient (Wildman–Crippen LogP) is 1.82. The van der Waals surface area contributed by atoms with Gasteiger partial charge in [0.25, 0.3) is 0 Å². The van der Waals surface area contributed by atoms with E-state index in [2.05, 4.69) is 15.5 Å². The second-order valence-electron chi connectivity index (χ2n) is 4.87. The summed E-state index contributed by atoms with van der Waals surface area (Å²) < 4.78 is 0. The maximum atomic E-state index is 11.9. The van der Waals surface area contributed by atoms with E-state index in [9.17, 15) is 4.79 Å². The molecular formula is C13H29Cl2N3O. The van der Waals surface area contributed by atoms with Crippen molar-refractivity contribution in [2.75, 3.05) is 33.2 Å². The van der Waals surface area contributed by atoms with Gasteiger partial charge in [0.1, 0.15) is 0 Å². The smallest absolute Gasteiger partial charge is 0.237 e. The summed E-state index contributed by atoms with van der Waals surface area (Å²) in [6, 6.07) is 0.0303. The van der Waals surface area contributed by atoms with Crippen LogP contribution in [0.1, 0.15) is 39.0 Å². The largest absolute Gasteiger partial charge is 0.355 e. The number of hydrogen-bond acceptors (Lipinski definition) is 3. The summed E-state index contributed by atoms with van der Waals surface area (Å²) in [7, 11) is 1.93. The minimum Gasteiger partial charge on any atom is -0.355 e. The number of rotatable bonds is 6. The molecule has 1 fully saturated rings. The van der Waals surface area contributed by atoms with Gasteiger partial charge in [-0.05, 0) is 52.9 Å². The highest BCUT2D eigenvalue weighted by atomic mass is 35.5. The topological polar surface area (TPSA) is 44.4 Å². The quantitative estimate of drug-likeness (QED) is 0.735. The maximum absolute atomic E-state index is 11.9. The third-order valence-corrected chi connectivity index (χ3v) is 3.47. The van der Waals surface area contributed by atoms with Crippen molar-refractivity contribution in [1.29, 1.82) is 0 Å². The van der Waals surface area contributed by atoms with E-state index in [1.807, 2.05) is 14.0 Å². The zero-order chi connectivity index (χ0) is 12.5. The zero-order valence-electron chi connectivity index (χ0n) is 12.1. The average Bonchev–Trinajstić information content (AvgIpc) is 2.62. The van der Waals surface area contributed by atoms with Crippen molar-refractivity contribution in [3.63, 3.8) is 0 Å². The van der Waals surface area contributed by atoms with Gasteiger partial charge in [-0.1, -0.05) is 12.8 Å². The summed E-state index contributed by atoms with van der Waals surface area (Å²) in [4.78, 5) is 14.3. The van der Waals surface area contributed by atoms with E-state index in [0.717, 1.165) is 32.6 Å². The second kappa shape index (κ2) is 13.0. The summed E-state index contributed by atoms with van der Waals surface area (Å²) in [6.45, 7) is 5.91. The fourth-order valence-electron chi connectivity index (χ4n) is 2.27. The van der Waals surface area contributed by atoms with E-state index in [1.54, 1.807) is 0 Å². The molecule has 1 aliphatic heterocycles. The molecule has 0 spiro atoms. The number of likely N-dealkylation sites (tertiary alicyclic amines) is 1. The Morgan fingerprint density at radius 1 is 1.11 bits per heavy atom. The van der Waals surface area contributed by atoms with Crippen LogP contribution < -0.4 is 10.6 Å². The lowest BCUT2D eigenvalue weighted by molar-refractivity contribution is -0.125. The van der Waals surface area contributed by atoms with Crippen LogP contribution in [0.25, 0.3) is 0 Å². The van der Waals surface area contributed by atoms with E-state index < -0.39 is 0 Å². The normalized spacial score (nSPS) is 17.6. The Morgan fingerprint density at radius 2 is 1.68 bits per heavy atom. The molecule has 4 nitrogen and oxygen atoms in total. The molecule has 0 aromatic rings. The standard InChI is InChI=1S/C13H27N3O.2ClH/c1-12(13(17)15-9-7-8-14-2)16-10-5-3-4-6-11-16;;/h12,14H,3-11H2,1-2H3,(H,15,17);2*1H. The Balaban J connectivity index is 0. The van der Waals surface area contributed by atoms with Crippen LogP contribution in [0.2, 0.25) is 0 Å². The van der Waals surface area contributed by atoms with Crippen LogP contribution in [0, 0.1) is 0 Å². The van der Waals surface area contributed by atoms with Crippen molar-refractivity contribution >= 4 is 30.7 Å². The number of carbonyl (C=O) groups excluding carboxylic acids is 1. The highest BCUT2D eigenvalue weighted by Gasteiger charge is 2.21. The molecule has 116 valence electrons. The molecule has 0 bridgehead atoms. The monoisotopic (exact) mass is 313 g/mol. The lowest BCUT2D eigenvalue weighted by Crippen LogP contribution is -2.45. The predicted molar refractivity (Wildman–Crippen MR) is 85.6 cm³/mol. The minimum atomic E-state index is 0. The van der Waals surface area contributed by atoms with Crippen molar-refractivity contribution in [3.8, 4) is 0 Å². The number of hydrogen-bond donors (Lipinski definition) is 2. The molecule has 1 rings (SSSR count). The number of halogens is 2. The molecule has 0 aliphatic carbocycles. The molecule has 1 heterocycles. The van der Waals surface area contributed by atoms with Crippen molar-refractivity contribution in [3.05, 3.63) is 0 Å². The molecule has 1 saturated heterocycles. The fraction of sp³-hybridized carbons (Fsp3) is 0.923. The van der Waals surface area contributed by atoms with Crippen LogP contribution in [-0.2, 0) is 4.79 Å². The summed E-state index contributed by atoms with van der Waals surface area (Å²) in [5.74, 6) is 0.183. The number of amides is 1. The molecule has 1 unspecified atom stereocenters. The van der Waals surface area contributed by atoms with Crippen molar-refractivity contribution in [2.45, 2.75) is 45.1 Å². The van der Waals surface area contributed by atoms with Gasteiger partial charge in [-0.2, -0.15) is 0 Å². The van der Waals surface area contributed by atoms with Crippen molar-refractivity contribution < 1.29 is 4.79 Å². The Bertz CT molecular complexity index is 222. The van der Waals surface area contributed by atoms with Crippen LogP contribution >= 0.6 is 24.8 Å². The van der Waals surface area contributed by atoms with Crippen LogP contribution in [0.4, 0.5) is 0 Å². The van der Waals surface area contributed by atoms with Gasteiger partial charge in [-0.25, -0.2) is 0 Å². The number of nitrogens with zero attached hydrogens (tertiary/aromatic N) is 1. The molecule has 2 N–H and O–H groups in total. The van der Waals surface area contributed by atoms with Crippen molar-refractivity contribution in [2.24, 2.45) is 0 Å². The average molecular weight is 314 g/mol. The van der Waals surface area contributed by atoms with Gasteiger partial charge in [0.15, 0.2) is 0 Å². The SMILES string of the molecule is CNCCCNC(=O)C(C)N1CCCCCC1.Cl.Cl. The van der Waals surface area contributed by atoms with Gasteiger partial charge in [0.2, 0.25) is 5.91 Å². The van der Waals surface area contributed by atoms with Crippen LogP contribution in [0.5, 0.6) is 0 Å². The van der Waals surface area contributed by atoms with Gasteiger partial charge >= 0.3 is 0 Å². The van der Waals surface area contributed by atoms with E-state index >= 15 is 0 Å². The molecule has 1 aliphatic rings. The Labute approximate surface area is 129 Å². The lowest BCUT2D eigenvalue weighted by atomic mass is 10.2. The Kier molecular flexibility index (Phi) is 14.5. The van der Waals surface area contributed by atoms with Gasteiger partial charge in [0, 0.05) is 6.54 Å². The molecule has 6 heteroatoms. The highest BCUT2D eigenvalue weighted by molar-refractivity contribution is 5.85. The number of carbonyl (C=O) groups is 1. The first-order chi connectivity index (χ1) is 8.25. The Morgan fingerprint density at radius 3 is 2.21 bits per heavy atom. The third-order valence-electron chi connectivity index (χ3n) is 3.47. The van der Waals surface area contributed by atoms with E-state index in [0.29, 0.717) is 0 Å². The first-order valence-electron chi connectivity index (χ1n) is 6.92. The molecular weight excluding hydrogens is 285 g/mol. The van der Waals surface area contributed by atoms with Gasteiger partial charge in [-0.3, -0.25) is 9.69 Å². The number of nitrogens with one attached hydrogen (secondary N) is 2. The molecule has 0 aromatic carbocycles. The maximum Gasteiger partial charge on any atom is 0.237 e. The second-order valence-corrected chi connectivity index (χ2v) is 4.87. The lowest BCUT2D eigenvalue weighted by Gasteiger charge is -2.26. The third kappa shape index (κ3) is 8.69. The van der Waals surface area contributed by atoms with Gasteiger partial charge in [-0.15, -0.1) is 24.8 Å². The van der Waals surface area contributed by atoms with E-state index in [4.69, 9.17) is 0 Å². The van der Waals surface area contributed by atoms with Gasteiger partial charge in [0.05, 0.1) is 6.04 Å². The van der Waals surface area contributed by atoms with E-state index in [-0.39, 0.29) is 36.8 Å².